The number of phenols is 1. The molecule has 1 amide bonds. The number of carbonyl (C=O) groups is 1. The number of carbonyl (C=O) groups excluding carboxylic acids is 1. The zero-order valence-electron chi connectivity index (χ0n) is 13.8. The second-order valence-electron chi connectivity index (χ2n) is 5.58. The normalized spacial score (nSPS) is 10.6. The lowest BCUT2D eigenvalue weighted by Crippen LogP contribution is -2.14. The van der Waals surface area contributed by atoms with Gasteiger partial charge in [0.15, 0.2) is 0 Å². The lowest BCUT2D eigenvalue weighted by Gasteiger charge is -2.06. The maximum absolute atomic E-state index is 12.0. The van der Waals surface area contributed by atoms with E-state index in [0.717, 1.165) is 11.1 Å². The van der Waals surface area contributed by atoms with Crippen LogP contribution < -0.4 is 5.32 Å². The van der Waals surface area contributed by atoms with Crippen molar-refractivity contribution >= 4 is 23.4 Å². The number of aromatic hydroxyl groups is 1. The maximum atomic E-state index is 12.0. The maximum Gasteiger partial charge on any atom is 0.277 e. The second kappa shape index (κ2) is 7.40. The third kappa shape index (κ3) is 4.39. The van der Waals surface area contributed by atoms with Crippen molar-refractivity contribution in [3.8, 4) is 17.2 Å². The van der Waals surface area contributed by atoms with Gasteiger partial charge in [0.25, 0.3) is 5.22 Å². The first-order chi connectivity index (χ1) is 12.0. The number of phenolic OH excluding ortho intramolecular Hbond substituents is 1. The Morgan fingerprint density at radius 1 is 1.20 bits per heavy atom. The molecule has 0 fully saturated rings. The number of aromatic nitrogens is 2. The van der Waals surface area contributed by atoms with E-state index in [-0.39, 0.29) is 17.4 Å². The molecule has 0 aliphatic heterocycles. The van der Waals surface area contributed by atoms with Gasteiger partial charge in [-0.3, -0.25) is 4.79 Å². The van der Waals surface area contributed by atoms with E-state index in [0.29, 0.717) is 22.4 Å². The van der Waals surface area contributed by atoms with Crippen LogP contribution in [-0.2, 0) is 4.79 Å². The summed E-state index contributed by atoms with van der Waals surface area (Å²) < 4.78 is 5.59. The highest BCUT2D eigenvalue weighted by molar-refractivity contribution is 7.99. The number of thioether (sulfide) groups is 1. The summed E-state index contributed by atoms with van der Waals surface area (Å²) in [7, 11) is 0. The first-order valence-electron chi connectivity index (χ1n) is 7.64. The summed E-state index contributed by atoms with van der Waals surface area (Å²) >= 11 is 1.17. The predicted octanol–water partition coefficient (Wildman–Crippen LogP) is 3.79. The fourth-order valence-corrected chi connectivity index (χ4v) is 2.78. The molecule has 25 heavy (non-hydrogen) atoms. The number of aryl methyl sites for hydroxylation is 2. The lowest BCUT2D eigenvalue weighted by atomic mass is 10.1. The Hall–Kier alpha value is -2.80. The number of nitrogens with zero attached hydrogens (tertiary/aromatic N) is 2. The molecule has 3 rings (SSSR count). The molecule has 0 saturated carbocycles. The fraction of sp³-hybridized carbons (Fsp3) is 0.167. The number of benzene rings is 2. The van der Waals surface area contributed by atoms with E-state index >= 15 is 0 Å². The highest BCUT2D eigenvalue weighted by Crippen LogP contribution is 2.24. The number of nitrogens with one attached hydrogen (secondary N) is 1. The van der Waals surface area contributed by atoms with Crippen LogP contribution in [0.5, 0.6) is 5.75 Å². The van der Waals surface area contributed by atoms with Gasteiger partial charge in [-0.05, 0) is 49.7 Å². The summed E-state index contributed by atoms with van der Waals surface area (Å²) in [6.07, 6.45) is 0. The molecule has 6 nitrogen and oxygen atoms in total. The average molecular weight is 355 g/mol. The van der Waals surface area contributed by atoms with Gasteiger partial charge >= 0.3 is 0 Å². The molecule has 0 spiro atoms. The average Bonchev–Trinajstić information content (AvgIpc) is 3.05. The smallest absolute Gasteiger partial charge is 0.277 e. The van der Waals surface area contributed by atoms with Crippen molar-refractivity contribution in [2.24, 2.45) is 0 Å². The number of hydrogen-bond acceptors (Lipinski definition) is 6. The topological polar surface area (TPSA) is 88.2 Å². The molecule has 2 N–H and O–H groups in total. The molecule has 1 heterocycles. The zero-order chi connectivity index (χ0) is 17.8. The second-order valence-corrected chi connectivity index (χ2v) is 6.51. The molecular weight excluding hydrogens is 338 g/mol. The van der Waals surface area contributed by atoms with Gasteiger partial charge in [0.2, 0.25) is 11.8 Å². The van der Waals surface area contributed by atoms with E-state index in [2.05, 4.69) is 15.5 Å². The summed E-state index contributed by atoms with van der Waals surface area (Å²) in [4.78, 5) is 12.0. The zero-order valence-corrected chi connectivity index (χ0v) is 14.6. The van der Waals surface area contributed by atoms with Gasteiger partial charge in [-0.25, -0.2) is 0 Å². The summed E-state index contributed by atoms with van der Waals surface area (Å²) in [6.45, 7) is 3.76. The van der Waals surface area contributed by atoms with Crippen LogP contribution in [-0.4, -0.2) is 27.0 Å². The molecular formula is C18H17N3O3S. The highest BCUT2D eigenvalue weighted by atomic mass is 32.2. The molecule has 2 aromatic carbocycles. The molecule has 0 atom stereocenters. The number of hydrogen-bond donors (Lipinski definition) is 2. The summed E-state index contributed by atoms with van der Waals surface area (Å²) in [6, 6.07) is 12.7. The molecule has 0 aliphatic rings. The van der Waals surface area contributed by atoms with Crippen molar-refractivity contribution in [3.05, 3.63) is 53.6 Å². The van der Waals surface area contributed by atoms with Gasteiger partial charge in [0, 0.05) is 11.3 Å². The van der Waals surface area contributed by atoms with E-state index in [4.69, 9.17) is 4.42 Å². The monoisotopic (exact) mass is 355 g/mol. The minimum atomic E-state index is -0.189. The molecule has 0 saturated heterocycles. The Labute approximate surface area is 149 Å². The predicted molar refractivity (Wildman–Crippen MR) is 96.7 cm³/mol. The lowest BCUT2D eigenvalue weighted by molar-refractivity contribution is -0.113. The van der Waals surface area contributed by atoms with Gasteiger partial charge in [0.05, 0.1) is 5.75 Å². The Morgan fingerprint density at radius 2 is 2.04 bits per heavy atom. The Bertz CT molecular complexity index is 908. The third-order valence-electron chi connectivity index (χ3n) is 3.48. The van der Waals surface area contributed by atoms with Crippen LogP contribution in [0.4, 0.5) is 5.69 Å². The van der Waals surface area contributed by atoms with E-state index in [9.17, 15) is 9.90 Å². The highest BCUT2D eigenvalue weighted by Gasteiger charge is 2.12. The fourth-order valence-electron chi connectivity index (χ4n) is 2.22. The Kier molecular flexibility index (Phi) is 5.04. The van der Waals surface area contributed by atoms with Crippen molar-refractivity contribution < 1.29 is 14.3 Å². The van der Waals surface area contributed by atoms with Crippen LogP contribution in [0, 0.1) is 13.8 Å². The van der Waals surface area contributed by atoms with Crippen LogP contribution in [0.1, 0.15) is 11.1 Å². The summed E-state index contributed by atoms with van der Waals surface area (Å²) in [5.41, 5.74) is 3.29. The van der Waals surface area contributed by atoms with Crippen molar-refractivity contribution in [3.63, 3.8) is 0 Å². The molecule has 0 aliphatic carbocycles. The quantitative estimate of drug-likeness (QED) is 0.535. The van der Waals surface area contributed by atoms with E-state index in [1.54, 1.807) is 25.1 Å². The summed E-state index contributed by atoms with van der Waals surface area (Å²) in [5, 5.41) is 20.6. The number of anilines is 1. The molecule has 1 aromatic heterocycles. The van der Waals surface area contributed by atoms with Crippen molar-refractivity contribution in [2.45, 2.75) is 19.1 Å². The molecule has 128 valence electrons. The third-order valence-corrected chi connectivity index (χ3v) is 4.30. The number of rotatable bonds is 5. The van der Waals surface area contributed by atoms with Crippen LogP contribution >= 0.6 is 11.8 Å². The largest absolute Gasteiger partial charge is 0.508 e. The molecule has 0 unspecified atom stereocenters. The number of amides is 1. The Morgan fingerprint density at radius 3 is 2.80 bits per heavy atom. The van der Waals surface area contributed by atoms with Gasteiger partial charge in [-0.1, -0.05) is 29.5 Å². The van der Waals surface area contributed by atoms with Crippen LogP contribution in [0.2, 0.25) is 0 Å². The van der Waals surface area contributed by atoms with Crippen molar-refractivity contribution in [1.82, 2.24) is 10.2 Å². The van der Waals surface area contributed by atoms with Crippen molar-refractivity contribution in [2.75, 3.05) is 11.1 Å². The van der Waals surface area contributed by atoms with Crippen LogP contribution in [0.15, 0.2) is 52.1 Å². The van der Waals surface area contributed by atoms with E-state index in [1.165, 1.54) is 11.8 Å². The van der Waals surface area contributed by atoms with Crippen LogP contribution in [0.3, 0.4) is 0 Å². The Balaban J connectivity index is 1.58. The minimum absolute atomic E-state index is 0.148. The molecule has 0 radical (unpaired) electrons. The van der Waals surface area contributed by atoms with E-state index < -0.39 is 0 Å². The molecule has 0 bridgehead atoms. The van der Waals surface area contributed by atoms with Crippen molar-refractivity contribution in [1.29, 1.82) is 0 Å². The first-order valence-corrected chi connectivity index (χ1v) is 8.62. The van der Waals surface area contributed by atoms with Gasteiger partial charge < -0.3 is 14.8 Å². The molecule has 3 aromatic rings. The summed E-state index contributed by atoms with van der Waals surface area (Å²) in [5.74, 6) is 0.586. The minimum Gasteiger partial charge on any atom is -0.508 e. The van der Waals surface area contributed by atoms with Gasteiger partial charge in [-0.15, -0.1) is 10.2 Å². The standard InChI is InChI=1S/C18H17N3O3S/c1-11-4-3-5-13(8-11)17-20-21-18(24-17)25-10-16(23)19-14-6-7-15(22)12(2)9-14/h3-9,22H,10H2,1-2H3,(H,19,23). The first kappa shape index (κ1) is 17.0. The van der Waals surface area contributed by atoms with Gasteiger partial charge in [-0.2, -0.15) is 0 Å². The van der Waals surface area contributed by atoms with Gasteiger partial charge in [0.1, 0.15) is 5.75 Å². The van der Waals surface area contributed by atoms with E-state index in [1.807, 2.05) is 31.2 Å². The van der Waals surface area contributed by atoms with Crippen LogP contribution in [0.25, 0.3) is 11.5 Å². The molecule has 7 heteroatoms. The SMILES string of the molecule is Cc1cccc(-c2nnc(SCC(=O)Nc3ccc(O)c(C)c3)o2)c1.